The lowest BCUT2D eigenvalue weighted by atomic mass is 10.0. The van der Waals surface area contributed by atoms with E-state index < -0.39 is 5.97 Å². The van der Waals surface area contributed by atoms with Gasteiger partial charge in [0.25, 0.3) is 0 Å². The van der Waals surface area contributed by atoms with E-state index in [0.717, 1.165) is 0 Å². The third-order valence-corrected chi connectivity index (χ3v) is 2.19. The SMILES string of the molecule is C1CCCCC1.CC(=O)CCC(=O)O. The Balaban J connectivity index is 0.000000249. The molecule has 1 aliphatic carbocycles. The van der Waals surface area contributed by atoms with Crippen LogP contribution >= 0.6 is 0 Å². The second-order valence-electron chi connectivity index (χ2n) is 3.72. The molecule has 0 heterocycles. The number of hydrogen-bond acceptors (Lipinski definition) is 2. The molecule has 0 aliphatic heterocycles. The predicted octanol–water partition coefficient (Wildman–Crippen LogP) is 2.78. The van der Waals surface area contributed by atoms with E-state index in [0.29, 0.717) is 0 Å². The average Bonchev–Trinajstić information content (AvgIpc) is 2.18. The molecule has 14 heavy (non-hydrogen) atoms. The molecule has 0 aromatic heterocycles. The number of aliphatic carboxylic acids is 1. The van der Waals surface area contributed by atoms with E-state index in [1.165, 1.54) is 45.4 Å². The van der Waals surface area contributed by atoms with E-state index in [2.05, 4.69) is 0 Å². The molecule has 3 nitrogen and oxygen atoms in total. The summed E-state index contributed by atoms with van der Waals surface area (Å²) in [5.74, 6) is -0.993. The van der Waals surface area contributed by atoms with Crippen molar-refractivity contribution in [1.29, 1.82) is 0 Å². The Morgan fingerprint density at radius 3 is 1.43 bits per heavy atom. The third-order valence-electron chi connectivity index (χ3n) is 2.19. The Morgan fingerprint density at radius 1 is 0.929 bits per heavy atom. The molecule has 1 N–H and O–H groups in total. The molecule has 0 saturated heterocycles. The fourth-order valence-electron chi connectivity index (χ4n) is 1.34. The van der Waals surface area contributed by atoms with Gasteiger partial charge in [0.15, 0.2) is 0 Å². The van der Waals surface area contributed by atoms with Crippen molar-refractivity contribution < 1.29 is 14.7 Å². The van der Waals surface area contributed by atoms with Crippen molar-refractivity contribution in [2.75, 3.05) is 0 Å². The van der Waals surface area contributed by atoms with Crippen molar-refractivity contribution in [3.63, 3.8) is 0 Å². The molecule has 0 atom stereocenters. The van der Waals surface area contributed by atoms with Gasteiger partial charge in [-0.05, 0) is 6.92 Å². The molecule has 1 saturated carbocycles. The fourth-order valence-corrected chi connectivity index (χ4v) is 1.34. The van der Waals surface area contributed by atoms with Crippen LogP contribution in [0.3, 0.4) is 0 Å². The highest BCUT2D eigenvalue weighted by atomic mass is 16.4. The van der Waals surface area contributed by atoms with Gasteiger partial charge in [-0.15, -0.1) is 0 Å². The van der Waals surface area contributed by atoms with Crippen LogP contribution < -0.4 is 0 Å². The minimum atomic E-state index is -0.916. The topological polar surface area (TPSA) is 54.4 Å². The van der Waals surface area contributed by atoms with Crippen molar-refractivity contribution in [2.45, 2.75) is 58.3 Å². The van der Waals surface area contributed by atoms with Crippen LogP contribution in [0.5, 0.6) is 0 Å². The average molecular weight is 200 g/mol. The summed E-state index contributed by atoms with van der Waals surface area (Å²) in [5.41, 5.74) is 0. The summed E-state index contributed by atoms with van der Waals surface area (Å²) in [5, 5.41) is 8.01. The van der Waals surface area contributed by atoms with Gasteiger partial charge in [-0.2, -0.15) is 0 Å². The van der Waals surface area contributed by atoms with Gasteiger partial charge in [0.1, 0.15) is 5.78 Å². The van der Waals surface area contributed by atoms with Crippen molar-refractivity contribution in [1.82, 2.24) is 0 Å². The molecule has 82 valence electrons. The minimum Gasteiger partial charge on any atom is -0.481 e. The van der Waals surface area contributed by atoms with Crippen molar-refractivity contribution in [2.24, 2.45) is 0 Å². The largest absolute Gasteiger partial charge is 0.481 e. The van der Waals surface area contributed by atoms with E-state index in [4.69, 9.17) is 5.11 Å². The number of hydrogen-bond donors (Lipinski definition) is 1. The van der Waals surface area contributed by atoms with Gasteiger partial charge in [0.2, 0.25) is 0 Å². The van der Waals surface area contributed by atoms with E-state index >= 15 is 0 Å². The summed E-state index contributed by atoms with van der Waals surface area (Å²) in [7, 11) is 0. The van der Waals surface area contributed by atoms with Crippen LogP contribution in [0.2, 0.25) is 0 Å². The summed E-state index contributed by atoms with van der Waals surface area (Å²) < 4.78 is 0. The number of carboxylic acids is 1. The minimum absolute atomic E-state index is 0.0463. The van der Waals surface area contributed by atoms with Crippen LogP contribution in [0.4, 0.5) is 0 Å². The molecule has 3 heteroatoms. The van der Waals surface area contributed by atoms with Gasteiger partial charge in [0, 0.05) is 6.42 Å². The van der Waals surface area contributed by atoms with E-state index in [9.17, 15) is 9.59 Å². The van der Waals surface area contributed by atoms with Crippen molar-refractivity contribution in [3.8, 4) is 0 Å². The zero-order valence-electron chi connectivity index (χ0n) is 8.92. The first-order valence-electron chi connectivity index (χ1n) is 5.34. The quantitative estimate of drug-likeness (QED) is 0.762. The van der Waals surface area contributed by atoms with Gasteiger partial charge in [-0.3, -0.25) is 4.79 Å². The van der Waals surface area contributed by atoms with Crippen molar-refractivity contribution >= 4 is 11.8 Å². The highest BCUT2D eigenvalue weighted by molar-refractivity contribution is 5.80. The number of carboxylic acid groups (broad SMARTS) is 1. The van der Waals surface area contributed by atoms with Crippen LogP contribution in [0.25, 0.3) is 0 Å². The first kappa shape index (κ1) is 13.1. The standard InChI is InChI=1S/C6H12.C5H8O3/c1-2-4-6-5-3-1;1-4(6)2-3-5(7)8/h1-6H2;2-3H2,1H3,(H,7,8). The van der Waals surface area contributed by atoms with Gasteiger partial charge >= 0.3 is 5.97 Å². The number of carbonyl (C=O) groups excluding carboxylic acids is 1. The zero-order chi connectivity index (χ0) is 10.8. The molecule has 0 unspecified atom stereocenters. The Hall–Kier alpha value is -0.860. The smallest absolute Gasteiger partial charge is 0.303 e. The summed E-state index contributed by atoms with van der Waals surface area (Å²) in [6.45, 7) is 1.38. The lowest BCUT2D eigenvalue weighted by Crippen LogP contribution is -1.98. The number of carbonyl (C=O) groups is 2. The molecule has 1 rings (SSSR count). The van der Waals surface area contributed by atoms with Crippen molar-refractivity contribution in [3.05, 3.63) is 0 Å². The number of ketones is 1. The number of rotatable bonds is 3. The summed E-state index contributed by atoms with van der Waals surface area (Å²) in [6.07, 6.45) is 9.10. The molecule has 0 spiro atoms. The molecule has 0 radical (unpaired) electrons. The lowest BCUT2D eigenvalue weighted by Gasteiger charge is -2.05. The summed E-state index contributed by atoms with van der Waals surface area (Å²) in [4.78, 5) is 19.8. The maximum absolute atomic E-state index is 10.1. The zero-order valence-corrected chi connectivity index (χ0v) is 8.92. The predicted molar refractivity (Wildman–Crippen MR) is 55.3 cm³/mol. The number of Topliss-reactive ketones (excluding diaryl/α,β-unsaturated/α-hetero) is 1. The highest BCUT2D eigenvalue weighted by Gasteiger charge is 1.97. The van der Waals surface area contributed by atoms with E-state index in [1.807, 2.05) is 0 Å². The Morgan fingerprint density at radius 2 is 1.29 bits per heavy atom. The van der Waals surface area contributed by atoms with E-state index in [1.54, 1.807) is 0 Å². The van der Waals surface area contributed by atoms with Gasteiger partial charge < -0.3 is 9.90 Å². The maximum atomic E-state index is 10.1. The van der Waals surface area contributed by atoms with Crippen LogP contribution in [0.1, 0.15) is 58.3 Å². The van der Waals surface area contributed by atoms with Gasteiger partial charge in [-0.25, -0.2) is 0 Å². The highest BCUT2D eigenvalue weighted by Crippen LogP contribution is 2.15. The van der Waals surface area contributed by atoms with Gasteiger partial charge in [-0.1, -0.05) is 38.5 Å². The molecule has 0 aromatic rings. The molecule has 0 aromatic carbocycles. The van der Waals surface area contributed by atoms with E-state index in [-0.39, 0.29) is 18.6 Å². The monoisotopic (exact) mass is 200 g/mol. The van der Waals surface area contributed by atoms with Gasteiger partial charge in [0.05, 0.1) is 6.42 Å². The lowest BCUT2D eigenvalue weighted by molar-refractivity contribution is -0.138. The molecule has 1 fully saturated rings. The van der Waals surface area contributed by atoms with Crippen LogP contribution in [-0.4, -0.2) is 16.9 Å². The second kappa shape index (κ2) is 8.73. The first-order valence-corrected chi connectivity index (χ1v) is 5.34. The molecule has 0 bridgehead atoms. The Kier molecular flexibility index (Phi) is 8.19. The van der Waals surface area contributed by atoms with Crippen LogP contribution in [-0.2, 0) is 9.59 Å². The van der Waals surface area contributed by atoms with Crippen LogP contribution in [0.15, 0.2) is 0 Å². The third kappa shape index (κ3) is 11.1. The second-order valence-corrected chi connectivity index (χ2v) is 3.72. The van der Waals surface area contributed by atoms with Crippen LogP contribution in [0, 0.1) is 0 Å². The molecule has 1 aliphatic rings. The summed E-state index contributed by atoms with van der Waals surface area (Å²) >= 11 is 0. The molecule has 0 amide bonds. The normalized spacial score (nSPS) is 15.2. The molecular formula is C11H20O3. The maximum Gasteiger partial charge on any atom is 0.303 e. The first-order chi connectivity index (χ1) is 6.63. The fraction of sp³-hybridized carbons (Fsp3) is 0.818. The Bertz CT molecular complexity index is 146. The Labute approximate surface area is 85.5 Å². The summed E-state index contributed by atoms with van der Waals surface area (Å²) in [6, 6.07) is 0. The molecular weight excluding hydrogens is 180 g/mol.